The molecule has 0 radical (unpaired) electrons. The third-order valence-electron chi connectivity index (χ3n) is 5.21. The molecule has 2 heterocycles. The monoisotopic (exact) mass is 413 g/mol. The number of hydrogen-bond acceptors (Lipinski definition) is 6. The fourth-order valence-electron chi connectivity index (χ4n) is 3.74. The summed E-state index contributed by atoms with van der Waals surface area (Å²) in [6.07, 6.45) is 4.41. The van der Waals surface area contributed by atoms with Crippen molar-refractivity contribution < 1.29 is 14.0 Å². The zero-order valence-electron chi connectivity index (χ0n) is 15.5. The Bertz CT molecular complexity index is 1040. The number of imide groups is 1. The largest absolute Gasteiger partial charge is 0.367 e. The summed E-state index contributed by atoms with van der Waals surface area (Å²) in [6.45, 7) is 0. The molecule has 29 heavy (non-hydrogen) atoms. The molecule has 7 nitrogen and oxygen atoms in total. The van der Waals surface area contributed by atoms with Gasteiger partial charge in [0.2, 0.25) is 5.91 Å². The van der Waals surface area contributed by atoms with Crippen molar-refractivity contribution in [3.05, 3.63) is 41.8 Å². The van der Waals surface area contributed by atoms with Gasteiger partial charge in [0.15, 0.2) is 0 Å². The zero-order valence-corrected chi connectivity index (χ0v) is 16.3. The van der Waals surface area contributed by atoms with Crippen molar-refractivity contribution in [1.29, 1.82) is 0 Å². The second-order valence-corrected chi connectivity index (χ2v) is 7.96. The molecule has 1 aliphatic carbocycles. The molecule has 0 unspecified atom stereocenters. The fourth-order valence-corrected chi connectivity index (χ4v) is 4.66. The lowest BCUT2D eigenvalue weighted by molar-refractivity contribution is -0.124. The van der Waals surface area contributed by atoms with Crippen LogP contribution in [0.25, 0.3) is 21.3 Å². The first kappa shape index (κ1) is 19.3. The highest BCUT2D eigenvalue weighted by Gasteiger charge is 2.27. The van der Waals surface area contributed by atoms with Crippen molar-refractivity contribution >= 4 is 39.3 Å². The Hall–Kier alpha value is -3.07. The Morgan fingerprint density at radius 1 is 1.10 bits per heavy atom. The standard InChI is InChI=1S/C20H20FN5O2S/c21-13-5-1-11(2-6-13)15-9-29-19-16(15)17(23-10-24-19)25-14-7-3-12(4-8-14)18(27)26-20(22)28/h1-2,5-6,9-10,12,14H,3-4,7-8H2,(H,23,24,25)(H3,22,26,27,28). The van der Waals surface area contributed by atoms with Crippen molar-refractivity contribution in [1.82, 2.24) is 15.3 Å². The molecule has 3 amide bonds. The van der Waals surface area contributed by atoms with E-state index >= 15 is 0 Å². The first-order valence-electron chi connectivity index (χ1n) is 9.36. The number of nitrogens with zero attached hydrogens (tertiary/aromatic N) is 2. The van der Waals surface area contributed by atoms with Gasteiger partial charge in [-0.1, -0.05) is 12.1 Å². The summed E-state index contributed by atoms with van der Waals surface area (Å²) in [6, 6.07) is 5.71. The summed E-state index contributed by atoms with van der Waals surface area (Å²) in [5, 5.41) is 8.57. The molecule has 1 saturated carbocycles. The van der Waals surface area contributed by atoms with E-state index in [2.05, 4.69) is 20.6 Å². The third kappa shape index (κ3) is 4.19. The third-order valence-corrected chi connectivity index (χ3v) is 6.10. The molecule has 1 fully saturated rings. The minimum absolute atomic E-state index is 0.159. The molecular weight excluding hydrogens is 393 g/mol. The number of aromatic nitrogens is 2. The summed E-state index contributed by atoms with van der Waals surface area (Å²) in [5.74, 6) is -0.0562. The summed E-state index contributed by atoms with van der Waals surface area (Å²) in [5.41, 5.74) is 6.89. The number of nitrogens with one attached hydrogen (secondary N) is 2. The van der Waals surface area contributed by atoms with Crippen LogP contribution in [0.15, 0.2) is 36.0 Å². The van der Waals surface area contributed by atoms with Crippen LogP contribution in [0.4, 0.5) is 15.0 Å². The van der Waals surface area contributed by atoms with Crippen molar-refractivity contribution in [2.45, 2.75) is 31.7 Å². The van der Waals surface area contributed by atoms with Crippen molar-refractivity contribution in [2.24, 2.45) is 11.7 Å². The normalized spacial score (nSPS) is 19.1. The molecule has 9 heteroatoms. The molecule has 1 aliphatic rings. The van der Waals surface area contributed by atoms with Gasteiger partial charge < -0.3 is 11.1 Å². The second kappa shape index (κ2) is 8.12. The van der Waals surface area contributed by atoms with Crippen LogP contribution < -0.4 is 16.4 Å². The van der Waals surface area contributed by atoms with Crippen LogP contribution in [0, 0.1) is 11.7 Å². The lowest BCUT2D eigenvalue weighted by atomic mass is 9.85. The number of rotatable bonds is 4. The number of carbonyl (C=O) groups excluding carboxylic acids is 2. The Morgan fingerprint density at radius 3 is 2.52 bits per heavy atom. The maximum absolute atomic E-state index is 13.3. The van der Waals surface area contributed by atoms with Crippen LogP contribution >= 0.6 is 11.3 Å². The average Bonchev–Trinajstić information content (AvgIpc) is 3.14. The van der Waals surface area contributed by atoms with Crippen molar-refractivity contribution in [2.75, 3.05) is 5.32 Å². The van der Waals surface area contributed by atoms with Crippen LogP contribution in [0.1, 0.15) is 25.7 Å². The van der Waals surface area contributed by atoms with Gasteiger partial charge in [-0.05, 0) is 43.4 Å². The molecule has 2 aromatic heterocycles. The molecule has 150 valence electrons. The van der Waals surface area contributed by atoms with Crippen molar-refractivity contribution in [3.63, 3.8) is 0 Å². The van der Waals surface area contributed by atoms with Gasteiger partial charge >= 0.3 is 6.03 Å². The van der Waals surface area contributed by atoms with Crippen LogP contribution in [-0.2, 0) is 4.79 Å². The van der Waals surface area contributed by atoms with E-state index in [1.165, 1.54) is 29.8 Å². The molecule has 1 aromatic carbocycles. The molecule has 4 N–H and O–H groups in total. The lowest BCUT2D eigenvalue weighted by Gasteiger charge is -2.28. The van der Waals surface area contributed by atoms with Gasteiger partial charge in [-0.2, -0.15) is 0 Å². The summed E-state index contributed by atoms with van der Waals surface area (Å²) >= 11 is 1.52. The second-order valence-electron chi connectivity index (χ2n) is 7.11. The summed E-state index contributed by atoms with van der Waals surface area (Å²) in [7, 11) is 0. The van der Waals surface area contributed by atoms with Gasteiger partial charge in [0, 0.05) is 22.9 Å². The molecule has 0 bridgehead atoms. The minimum atomic E-state index is -0.815. The summed E-state index contributed by atoms with van der Waals surface area (Å²) in [4.78, 5) is 32.5. The zero-order chi connectivity index (χ0) is 20.4. The Kier molecular flexibility index (Phi) is 5.39. The number of amides is 3. The van der Waals surface area contributed by atoms with E-state index in [0.29, 0.717) is 12.8 Å². The van der Waals surface area contributed by atoms with Gasteiger partial charge in [0.05, 0.1) is 5.39 Å². The van der Waals surface area contributed by atoms with Crippen LogP contribution in [0.2, 0.25) is 0 Å². The van der Waals surface area contributed by atoms with Crippen LogP contribution in [-0.4, -0.2) is 27.9 Å². The maximum atomic E-state index is 13.3. The number of halogens is 1. The number of urea groups is 1. The van der Waals surface area contributed by atoms with E-state index in [1.807, 2.05) is 5.38 Å². The highest BCUT2D eigenvalue weighted by atomic mass is 32.1. The van der Waals surface area contributed by atoms with E-state index in [4.69, 9.17) is 5.73 Å². The molecule has 0 saturated heterocycles. The number of fused-ring (bicyclic) bond motifs is 1. The number of benzene rings is 1. The predicted molar refractivity (Wildman–Crippen MR) is 110 cm³/mol. The number of primary amides is 1. The smallest absolute Gasteiger partial charge is 0.318 e. The molecular formula is C20H20FN5O2S. The quantitative estimate of drug-likeness (QED) is 0.605. The van der Waals surface area contributed by atoms with Gasteiger partial charge in [-0.15, -0.1) is 11.3 Å². The first-order valence-corrected chi connectivity index (χ1v) is 10.2. The van der Waals surface area contributed by atoms with Gasteiger partial charge in [-0.3, -0.25) is 10.1 Å². The van der Waals surface area contributed by atoms with Crippen LogP contribution in [0.5, 0.6) is 0 Å². The van der Waals surface area contributed by atoms with E-state index in [0.717, 1.165) is 40.0 Å². The topological polar surface area (TPSA) is 110 Å². The number of hydrogen-bond donors (Lipinski definition) is 3. The van der Waals surface area contributed by atoms with E-state index in [9.17, 15) is 14.0 Å². The Morgan fingerprint density at radius 2 is 1.83 bits per heavy atom. The van der Waals surface area contributed by atoms with Gasteiger partial charge in [0.25, 0.3) is 0 Å². The Labute approximate surface area is 170 Å². The predicted octanol–water partition coefficient (Wildman–Crippen LogP) is 3.66. The highest BCUT2D eigenvalue weighted by molar-refractivity contribution is 7.17. The molecule has 3 aromatic rings. The highest BCUT2D eigenvalue weighted by Crippen LogP contribution is 2.37. The fraction of sp³-hybridized carbons (Fsp3) is 0.300. The van der Waals surface area contributed by atoms with Crippen molar-refractivity contribution in [3.8, 4) is 11.1 Å². The molecule has 0 spiro atoms. The van der Waals surface area contributed by atoms with E-state index in [-0.39, 0.29) is 23.7 Å². The number of anilines is 1. The Balaban J connectivity index is 1.52. The lowest BCUT2D eigenvalue weighted by Crippen LogP contribution is -2.41. The first-order chi connectivity index (χ1) is 14.0. The number of nitrogens with two attached hydrogens (primary N) is 1. The van der Waals surface area contributed by atoms with E-state index in [1.54, 1.807) is 12.1 Å². The number of thiophene rings is 1. The maximum Gasteiger partial charge on any atom is 0.318 e. The molecule has 4 rings (SSSR count). The van der Waals surface area contributed by atoms with Crippen LogP contribution in [0.3, 0.4) is 0 Å². The average molecular weight is 413 g/mol. The number of carbonyl (C=O) groups is 2. The summed E-state index contributed by atoms with van der Waals surface area (Å²) < 4.78 is 13.3. The SMILES string of the molecule is NC(=O)NC(=O)C1CCC(Nc2ncnc3scc(-c4ccc(F)cc4)c23)CC1. The van der Waals surface area contributed by atoms with E-state index < -0.39 is 6.03 Å². The molecule has 0 atom stereocenters. The minimum Gasteiger partial charge on any atom is -0.367 e. The molecule has 0 aliphatic heterocycles. The van der Waals surface area contributed by atoms with Gasteiger partial charge in [0.1, 0.15) is 22.8 Å². The van der Waals surface area contributed by atoms with Gasteiger partial charge in [-0.25, -0.2) is 19.2 Å².